The second-order valence-electron chi connectivity index (χ2n) is 13.7. The van der Waals surface area contributed by atoms with E-state index in [9.17, 15) is 19.8 Å². The van der Waals surface area contributed by atoms with E-state index in [-0.39, 0.29) is 24.9 Å². The summed E-state index contributed by atoms with van der Waals surface area (Å²) in [6.45, 7) is 6.37. The molecule has 46 heavy (non-hydrogen) atoms. The molecule has 3 atom stereocenters. The number of unbranched alkanes of at least 4 members (excludes halogenated alkanes) is 21. The van der Waals surface area contributed by atoms with Crippen molar-refractivity contribution in [2.45, 2.75) is 225 Å². The normalized spacial score (nSPS) is 13.6. The van der Waals surface area contributed by atoms with E-state index in [1.165, 1.54) is 89.9 Å². The lowest BCUT2D eigenvalue weighted by Gasteiger charge is -2.24. The molecule has 0 heterocycles. The Morgan fingerprint density at radius 1 is 0.609 bits per heavy atom. The summed E-state index contributed by atoms with van der Waals surface area (Å²) in [4.78, 5) is 25.7. The van der Waals surface area contributed by atoms with Crippen molar-refractivity contribution in [2.24, 2.45) is 0 Å². The minimum atomic E-state index is -0.781. The molecule has 3 unspecified atom stereocenters. The van der Waals surface area contributed by atoms with Gasteiger partial charge in [-0.25, -0.2) is 0 Å². The maximum atomic E-state index is 13.0. The van der Waals surface area contributed by atoms with E-state index in [2.05, 4.69) is 38.2 Å². The highest BCUT2D eigenvalue weighted by atomic mass is 16.5. The minimum Gasteiger partial charge on any atom is -0.462 e. The molecule has 3 N–H and O–H groups in total. The molecule has 6 heteroatoms. The van der Waals surface area contributed by atoms with Crippen LogP contribution in [0.1, 0.15) is 207 Å². The number of nitrogens with one attached hydrogen (secondary N) is 1. The lowest BCUT2D eigenvalue weighted by molar-refractivity contribution is -0.151. The molecule has 0 aromatic carbocycles. The Hall–Kier alpha value is -1.40. The predicted octanol–water partition coefficient (Wildman–Crippen LogP) is 10.7. The van der Waals surface area contributed by atoms with Crippen molar-refractivity contribution in [3.05, 3.63) is 12.2 Å². The molecule has 0 rings (SSSR count). The van der Waals surface area contributed by atoms with Gasteiger partial charge in [0.1, 0.15) is 6.10 Å². The number of hydrogen-bond acceptors (Lipinski definition) is 5. The molecule has 0 saturated carbocycles. The zero-order chi connectivity index (χ0) is 33.9. The second kappa shape index (κ2) is 34.9. The van der Waals surface area contributed by atoms with Crippen molar-refractivity contribution in [3.8, 4) is 0 Å². The van der Waals surface area contributed by atoms with Crippen LogP contribution in [0, 0.1) is 0 Å². The van der Waals surface area contributed by atoms with Crippen molar-refractivity contribution in [1.82, 2.24) is 5.32 Å². The third-order valence-electron chi connectivity index (χ3n) is 9.09. The van der Waals surface area contributed by atoms with Gasteiger partial charge in [0.15, 0.2) is 0 Å². The Labute approximate surface area is 285 Å². The average Bonchev–Trinajstić information content (AvgIpc) is 3.04. The maximum absolute atomic E-state index is 13.0. The van der Waals surface area contributed by atoms with Crippen molar-refractivity contribution in [2.75, 3.05) is 6.61 Å². The molecule has 0 aromatic rings. The van der Waals surface area contributed by atoms with Crippen molar-refractivity contribution in [1.29, 1.82) is 0 Å². The summed E-state index contributed by atoms with van der Waals surface area (Å²) < 4.78 is 5.84. The first-order valence-corrected chi connectivity index (χ1v) is 19.9. The summed E-state index contributed by atoms with van der Waals surface area (Å²) in [5.41, 5.74) is 0. The molecule has 1 amide bonds. The Kier molecular flexibility index (Phi) is 33.9. The first-order valence-electron chi connectivity index (χ1n) is 19.9. The molecular formula is C40H77NO5. The van der Waals surface area contributed by atoms with Crippen molar-refractivity contribution in [3.63, 3.8) is 0 Å². The number of carbonyl (C=O) groups is 2. The maximum Gasteiger partial charge on any atom is 0.306 e. The van der Waals surface area contributed by atoms with Crippen LogP contribution < -0.4 is 5.32 Å². The van der Waals surface area contributed by atoms with Crippen LogP contribution in [0.2, 0.25) is 0 Å². The molecule has 0 saturated heterocycles. The fourth-order valence-corrected chi connectivity index (χ4v) is 6.00. The number of carbonyl (C=O) groups excluding carboxylic acids is 2. The van der Waals surface area contributed by atoms with E-state index in [0.717, 1.165) is 70.6 Å². The van der Waals surface area contributed by atoms with E-state index in [1.807, 2.05) is 0 Å². The van der Waals surface area contributed by atoms with Gasteiger partial charge in [-0.05, 0) is 44.9 Å². The SMILES string of the molecule is CCCC/C=C\CCCCCC(CC(=O)NC(CO)C(O)CCCCCCCCCCC)OC(=O)CCCCCCCCCCC. The molecule has 272 valence electrons. The molecular weight excluding hydrogens is 574 g/mol. The highest BCUT2D eigenvalue weighted by molar-refractivity contribution is 5.77. The summed E-state index contributed by atoms with van der Waals surface area (Å²) in [7, 11) is 0. The lowest BCUT2D eigenvalue weighted by Crippen LogP contribution is -2.46. The first-order chi connectivity index (χ1) is 22.5. The van der Waals surface area contributed by atoms with Gasteiger partial charge >= 0.3 is 5.97 Å². The highest BCUT2D eigenvalue weighted by Crippen LogP contribution is 2.17. The smallest absolute Gasteiger partial charge is 0.306 e. The predicted molar refractivity (Wildman–Crippen MR) is 195 cm³/mol. The summed E-state index contributed by atoms with van der Waals surface area (Å²) in [5, 5.41) is 23.4. The Morgan fingerprint density at radius 2 is 1.07 bits per heavy atom. The molecule has 0 bridgehead atoms. The Bertz CT molecular complexity index is 697. The van der Waals surface area contributed by atoms with Crippen LogP contribution in [0.15, 0.2) is 12.2 Å². The number of rotatable bonds is 35. The van der Waals surface area contributed by atoms with Crippen LogP contribution in [0.25, 0.3) is 0 Å². The van der Waals surface area contributed by atoms with Gasteiger partial charge < -0.3 is 20.3 Å². The van der Waals surface area contributed by atoms with Crippen LogP contribution in [-0.2, 0) is 14.3 Å². The summed E-state index contributed by atoms with van der Waals surface area (Å²) in [6.07, 6.45) is 34.2. The van der Waals surface area contributed by atoms with Crippen LogP contribution in [0.4, 0.5) is 0 Å². The molecule has 0 spiro atoms. The van der Waals surface area contributed by atoms with E-state index in [0.29, 0.717) is 19.3 Å². The lowest BCUT2D eigenvalue weighted by atomic mass is 10.0. The van der Waals surface area contributed by atoms with Crippen LogP contribution in [-0.4, -0.2) is 46.9 Å². The second-order valence-corrected chi connectivity index (χ2v) is 13.7. The van der Waals surface area contributed by atoms with E-state index < -0.39 is 18.2 Å². The van der Waals surface area contributed by atoms with Gasteiger partial charge in [-0.2, -0.15) is 0 Å². The van der Waals surface area contributed by atoms with E-state index in [1.54, 1.807) is 0 Å². The monoisotopic (exact) mass is 652 g/mol. The van der Waals surface area contributed by atoms with Gasteiger partial charge in [0.25, 0.3) is 0 Å². The number of aliphatic hydroxyl groups is 2. The molecule has 0 aliphatic rings. The van der Waals surface area contributed by atoms with Gasteiger partial charge in [-0.3, -0.25) is 9.59 Å². The number of amides is 1. The topological polar surface area (TPSA) is 95.9 Å². The Balaban J connectivity index is 4.60. The number of esters is 1. The quantitative estimate of drug-likeness (QED) is 0.0360. The van der Waals surface area contributed by atoms with Gasteiger partial charge in [-0.1, -0.05) is 161 Å². The van der Waals surface area contributed by atoms with Crippen LogP contribution >= 0.6 is 0 Å². The van der Waals surface area contributed by atoms with Gasteiger partial charge in [-0.15, -0.1) is 0 Å². The highest BCUT2D eigenvalue weighted by Gasteiger charge is 2.24. The van der Waals surface area contributed by atoms with Crippen LogP contribution in [0.3, 0.4) is 0 Å². The fraction of sp³-hybridized carbons (Fsp3) is 0.900. The third kappa shape index (κ3) is 30.0. The molecule has 0 radical (unpaired) electrons. The van der Waals surface area contributed by atoms with Crippen LogP contribution in [0.5, 0.6) is 0 Å². The zero-order valence-electron chi connectivity index (χ0n) is 30.7. The summed E-state index contributed by atoms with van der Waals surface area (Å²) in [5.74, 6) is -0.492. The zero-order valence-corrected chi connectivity index (χ0v) is 30.7. The number of hydrogen-bond donors (Lipinski definition) is 3. The molecule has 0 aromatic heterocycles. The minimum absolute atomic E-state index is 0.0711. The number of allylic oxidation sites excluding steroid dienone is 2. The Morgan fingerprint density at radius 3 is 1.61 bits per heavy atom. The summed E-state index contributed by atoms with van der Waals surface area (Å²) in [6, 6.07) is -0.695. The number of aliphatic hydroxyl groups excluding tert-OH is 2. The molecule has 0 fully saturated rings. The van der Waals surface area contributed by atoms with Gasteiger partial charge in [0, 0.05) is 6.42 Å². The molecule has 0 aliphatic heterocycles. The molecule has 6 nitrogen and oxygen atoms in total. The summed E-state index contributed by atoms with van der Waals surface area (Å²) >= 11 is 0. The van der Waals surface area contributed by atoms with Crippen molar-refractivity contribution < 1.29 is 24.5 Å². The van der Waals surface area contributed by atoms with E-state index >= 15 is 0 Å². The number of ether oxygens (including phenoxy) is 1. The van der Waals surface area contributed by atoms with Gasteiger partial charge in [0.05, 0.1) is 25.2 Å². The van der Waals surface area contributed by atoms with Crippen molar-refractivity contribution >= 4 is 11.9 Å². The first kappa shape index (κ1) is 44.6. The third-order valence-corrected chi connectivity index (χ3v) is 9.09. The van der Waals surface area contributed by atoms with E-state index in [4.69, 9.17) is 4.74 Å². The average molecular weight is 652 g/mol. The standard InChI is InChI=1S/C40H77NO5/c1-4-7-10-13-16-19-22-25-28-31-36(46-40(45)33-30-27-24-21-18-15-12-9-6-3)34-39(44)41-37(35-42)38(43)32-29-26-23-20-17-14-11-8-5-2/h13,16,36-38,42-43H,4-12,14-15,17-35H2,1-3H3,(H,41,44)/b16-13-. The largest absolute Gasteiger partial charge is 0.462 e. The molecule has 0 aliphatic carbocycles. The fourth-order valence-electron chi connectivity index (χ4n) is 6.00. The van der Waals surface area contributed by atoms with Gasteiger partial charge in [0.2, 0.25) is 5.91 Å².